The minimum atomic E-state index is -0.985. The van der Waals surface area contributed by atoms with E-state index in [0.29, 0.717) is 36.5 Å². The van der Waals surface area contributed by atoms with Gasteiger partial charge in [0.1, 0.15) is 5.94 Å². The van der Waals surface area contributed by atoms with Crippen molar-refractivity contribution in [1.29, 1.82) is 0 Å². The van der Waals surface area contributed by atoms with E-state index >= 15 is 0 Å². The van der Waals surface area contributed by atoms with E-state index in [1.165, 1.54) is 31.0 Å². The van der Waals surface area contributed by atoms with Crippen molar-refractivity contribution in [1.82, 2.24) is 14.2 Å². The normalized spacial score (nSPS) is 18.6. The molecule has 0 aromatic carbocycles. The van der Waals surface area contributed by atoms with Gasteiger partial charge in [0.2, 0.25) is 0 Å². The number of likely N-dealkylation sites (tertiary alicyclic amines) is 1. The average molecular weight is 550 g/mol. The van der Waals surface area contributed by atoms with Crippen molar-refractivity contribution in [2.45, 2.75) is 144 Å². The minimum Gasteiger partial charge on any atom is -0.344 e. The quantitative estimate of drug-likeness (QED) is 0.115. The Bertz CT molecular complexity index is 595. The van der Waals surface area contributed by atoms with Gasteiger partial charge in [0.15, 0.2) is 27.2 Å². The Balaban J connectivity index is 2.44. The molecule has 214 valence electrons. The van der Waals surface area contributed by atoms with Crippen molar-refractivity contribution < 1.29 is 18.8 Å². The van der Waals surface area contributed by atoms with Crippen LogP contribution in [0.3, 0.4) is 0 Å². The monoisotopic (exact) mass is 549 g/mol. The van der Waals surface area contributed by atoms with Crippen LogP contribution >= 0.6 is 20.2 Å². The SMILES string of the molecule is CC(C)N(C(C)C)P(OCOCOCSC(=O)CCN1C(C)(C)CCCC1(C)C)N(C(C)C)C(C)C. The molecular formula is C27H56N3O4PS. The summed E-state index contributed by atoms with van der Waals surface area (Å²) in [7, 11) is -0.985. The molecule has 0 aliphatic carbocycles. The van der Waals surface area contributed by atoms with Gasteiger partial charge in [0.25, 0.3) is 0 Å². The molecule has 9 heteroatoms. The topological polar surface area (TPSA) is 54.5 Å². The molecular weight excluding hydrogens is 493 g/mol. The molecule has 0 spiro atoms. The molecule has 1 aliphatic heterocycles. The first kappa shape index (κ1) is 34.2. The van der Waals surface area contributed by atoms with Gasteiger partial charge in [-0.2, -0.15) is 0 Å². The van der Waals surface area contributed by atoms with E-state index < -0.39 is 8.45 Å². The summed E-state index contributed by atoms with van der Waals surface area (Å²) < 4.78 is 22.4. The Morgan fingerprint density at radius 1 is 0.833 bits per heavy atom. The first-order chi connectivity index (χ1) is 16.6. The number of ether oxygens (including phenoxy) is 2. The van der Waals surface area contributed by atoms with E-state index in [1.807, 2.05) is 0 Å². The summed E-state index contributed by atoms with van der Waals surface area (Å²) in [6, 6.07) is 1.43. The third-order valence-corrected chi connectivity index (χ3v) is 10.6. The predicted octanol–water partition coefficient (Wildman–Crippen LogP) is 7.07. The summed E-state index contributed by atoms with van der Waals surface area (Å²) in [4.78, 5) is 15.0. The van der Waals surface area contributed by atoms with Gasteiger partial charge in [-0.1, -0.05) is 11.8 Å². The molecule has 0 aromatic heterocycles. The molecule has 36 heavy (non-hydrogen) atoms. The zero-order valence-corrected chi connectivity index (χ0v) is 27.0. The minimum absolute atomic E-state index is 0.113. The van der Waals surface area contributed by atoms with Crippen LogP contribution in [0.2, 0.25) is 0 Å². The van der Waals surface area contributed by atoms with Crippen molar-refractivity contribution in [2.24, 2.45) is 0 Å². The summed E-state index contributed by atoms with van der Waals surface area (Å²) >= 11 is 1.23. The third-order valence-electron chi connectivity index (χ3n) is 6.81. The number of nitrogens with zero attached hydrogens (tertiary/aromatic N) is 3. The Kier molecular flexibility index (Phi) is 14.9. The van der Waals surface area contributed by atoms with Gasteiger partial charge in [0.05, 0.1) is 0 Å². The third kappa shape index (κ3) is 10.8. The summed E-state index contributed by atoms with van der Waals surface area (Å²) in [6.07, 6.45) is 4.15. The summed E-state index contributed by atoms with van der Waals surface area (Å²) in [6.45, 7) is 27.9. The number of hydrogen-bond donors (Lipinski definition) is 0. The van der Waals surface area contributed by atoms with Crippen molar-refractivity contribution in [3.05, 3.63) is 0 Å². The first-order valence-corrected chi connectivity index (χ1v) is 15.8. The van der Waals surface area contributed by atoms with Crippen LogP contribution in [0.25, 0.3) is 0 Å². The fourth-order valence-corrected chi connectivity index (χ4v) is 8.25. The highest BCUT2D eigenvalue weighted by atomic mass is 32.2. The largest absolute Gasteiger partial charge is 0.344 e. The van der Waals surface area contributed by atoms with Gasteiger partial charge in [-0.15, -0.1) is 0 Å². The van der Waals surface area contributed by atoms with Crippen molar-refractivity contribution in [3.8, 4) is 0 Å². The summed E-state index contributed by atoms with van der Waals surface area (Å²) in [5, 5.41) is 0.168. The number of carbonyl (C=O) groups is 1. The summed E-state index contributed by atoms with van der Waals surface area (Å²) in [5.74, 6) is 0.300. The van der Waals surface area contributed by atoms with Crippen LogP contribution in [-0.2, 0) is 18.8 Å². The Hall–Kier alpha value is 0.210. The first-order valence-electron chi connectivity index (χ1n) is 13.7. The lowest BCUT2D eigenvalue weighted by molar-refractivity contribution is -0.113. The Morgan fingerprint density at radius 3 is 1.75 bits per heavy atom. The smallest absolute Gasteiger partial charge is 0.192 e. The standard InChI is InChI=1S/C27H56N3O4PS/c1-21(2)29(22(3)4)35(30(23(5)6)24(7)8)34-19-32-18-33-20-36-25(31)14-17-28-26(9,10)15-13-16-27(28,11)12/h21-24H,13-20H2,1-12H3. The van der Waals surface area contributed by atoms with Crippen molar-refractivity contribution in [3.63, 3.8) is 0 Å². The Morgan fingerprint density at radius 2 is 1.31 bits per heavy atom. The van der Waals surface area contributed by atoms with E-state index in [-0.39, 0.29) is 29.8 Å². The fraction of sp³-hybridized carbons (Fsp3) is 0.963. The molecule has 1 aliphatic rings. The number of thioether (sulfide) groups is 1. The molecule has 0 saturated carbocycles. The van der Waals surface area contributed by atoms with Gasteiger partial charge >= 0.3 is 0 Å². The lowest BCUT2D eigenvalue weighted by atomic mass is 9.80. The van der Waals surface area contributed by atoms with E-state index in [1.54, 1.807) is 0 Å². The van der Waals surface area contributed by atoms with E-state index in [0.717, 1.165) is 6.54 Å². The lowest BCUT2D eigenvalue weighted by Gasteiger charge is -2.53. The van der Waals surface area contributed by atoms with Crippen LogP contribution in [0.15, 0.2) is 0 Å². The maximum atomic E-state index is 12.5. The summed E-state index contributed by atoms with van der Waals surface area (Å²) in [5.41, 5.74) is 0.274. The predicted molar refractivity (Wildman–Crippen MR) is 155 cm³/mol. The highest BCUT2D eigenvalue weighted by Gasteiger charge is 2.41. The van der Waals surface area contributed by atoms with Gasteiger partial charge in [-0.05, 0) is 102 Å². The van der Waals surface area contributed by atoms with Crippen LogP contribution in [0.5, 0.6) is 0 Å². The highest BCUT2D eigenvalue weighted by Crippen LogP contribution is 2.50. The second-order valence-corrected chi connectivity index (χ2v) is 14.8. The molecule has 1 saturated heterocycles. The van der Waals surface area contributed by atoms with E-state index in [9.17, 15) is 4.79 Å². The van der Waals surface area contributed by atoms with Crippen LogP contribution in [0.4, 0.5) is 0 Å². The molecule has 0 aromatic rings. The Labute approximate surface area is 228 Å². The van der Waals surface area contributed by atoms with Gasteiger partial charge in [-0.3, -0.25) is 9.69 Å². The van der Waals surface area contributed by atoms with Crippen molar-refractivity contribution in [2.75, 3.05) is 26.1 Å². The molecule has 0 atom stereocenters. The van der Waals surface area contributed by atoms with Crippen LogP contribution < -0.4 is 0 Å². The molecule has 1 fully saturated rings. The second kappa shape index (κ2) is 15.7. The maximum Gasteiger partial charge on any atom is 0.192 e. The van der Waals surface area contributed by atoms with Crippen LogP contribution in [0, 0.1) is 0 Å². The van der Waals surface area contributed by atoms with E-state index in [4.69, 9.17) is 14.0 Å². The molecule has 1 heterocycles. The number of rotatable bonds is 16. The fourth-order valence-electron chi connectivity index (χ4n) is 5.48. The maximum absolute atomic E-state index is 12.5. The van der Waals surface area contributed by atoms with E-state index in [2.05, 4.69) is 97.3 Å². The average Bonchev–Trinajstić information content (AvgIpc) is 2.70. The van der Waals surface area contributed by atoms with Gasteiger partial charge in [0, 0.05) is 48.2 Å². The second-order valence-electron chi connectivity index (χ2n) is 12.2. The van der Waals surface area contributed by atoms with Crippen LogP contribution in [0.1, 0.15) is 109 Å². The number of carbonyl (C=O) groups excluding carboxylic acids is 1. The zero-order chi connectivity index (χ0) is 27.7. The molecule has 7 nitrogen and oxygen atoms in total. The highest BCUT2D eigenvalue weighted by molar-refractivity contribution is 8.13. The molecule has 0 amide bonds. The number of piperidine rings is 1. The molecule has 0 unspecified atom stereocenters. The molecule has 0 radical (unpaired) electrons. The molecule has 0 N–H and O–H groups in total. The van der Waals surface area contributed by atoms with Crippen LogP contribution in [-0.4, -0.2) is 80.7 Å². The van der Waals surface area contributed by atoms with Gasteiger partial charge in [-0.25, -0.2) is 9.34 Å². The zero-order valence-electron chi connectivity index (χ0n) is 25.3. The lowest BCUT2D eigenvalue weighted by Crippen LogP contribution is -2.58. The van der Waals surface area contributed by atoms with Gasteiger partial charge < -0.3 is 14.0 Å². The molecule has 0 bridgehead atoms. The number of hydrogen-bond acceptors (Lipinski definition) is 8. The molecule has 1 rings (SSSR count). The van der Waals surface area contributed by atoms with Crippen molar-refractivity contribution >= 4 is 25.3 Å².